The highest BCUT2D eigenvalue weighted by Crippen LogP contribution is 2.15. The third kappa shape index (κ3) is 5.79. The van der Waals surface area contributed by atoms with Gasteiger partial charge in [-0.05, 0) is 31.2 Å². The number of rotatable bonds is 6. The lowest BCUT2D eigenvalue weighted by atomic mass is 10.3. The van der Waals surface area contributed by atoms with E-state index in [4.69, 9.17) is 5.73 Å². The monoisotopic (exact) mass is 404 g/mol. The molecule has 152 valence electrons. The summed E-state index contributed by atoms with van der Waals surface area (Å²) in [5.41, 5.74) is 8.85. The lowest BCUT2D eigenvalue weighted by Gasteiger charge is -2.08. The van der Waals surface area contributed by atoms with Crippen LogP contribution in [-0.2, 0) is 11.3 Å². The second kappa shape index (κ2) is 10.2. The molecule has 0 unspecified atom stereocenters. The molecule has 11 nitrogen and oxygen atoms in total. The van der Waals surface area contributed by atoms with Gasteiger partial charge in [0.15, 0.2) is 5.82 Å². The van der Waals surface area contributed by atoms with Crippen molar-refractivity contribution in [1.82, 2.24) is 34.9 Å². The first-order chi connectivity index (χ1) is 14.7. The van der Waals surface area contributed by atoms with E-state index in [2.05, 4.69) is 40.8 Å². The summed E-state index contributed by atoms with van der Waals surface area (Å²) in [6.07, 6.45) is 10.4. The summed E-state index contributed by atoms with van der Waals surface area (Å²) in [5, 5.41) is 13.5. The van der Waals surface area contributed by atoms with Gasteiger partial charge in [-0.25, -0.2) is 9.97 Å². The molecule has 0 aliphatic carbocycles. The summed E-state index contributed by atoms with van der Waals surface area (Å²) in [6.45, 7) is 2.39. The Bertz CT molecular complexity index is 1070. The summed E-state index contributed by atoms with van der Waals surface area (Å²) in [5.74, 6) is 1.07. The van der Waals surface area contributed by atoms with Crippen molar-refractivity contribution in [2.45, 2.75) is 13.5 Å². The molecule has 4 N–H and O–H groups in total. The number of hydrogen-bond donors (Lipinski definition) is 3. The van der Waals surface area contributed by atoms with Crippen LogP contribution in [0, 0.1) is 6.92 Å². The molecule has 0 saturated carbocycles. The Morgan fingerprint density at radius 1 is 1.03 bits per heavy atom. The Morgan fingerprint density at radius 3 is 2.57 bits per heavy atom. The molecule has 0 aliphatic heterocycles. The van der Waals surface area contributed by atoms with Gasteiger partial charge < -0.3 is 16.4 Å². The van der Waals surface area contributed by atoms with E-state index in [1.807, 2.05) is 13.0 Å². The first-order valence-corrected chi connectivity index (χ1v) is 8.90. The minimum absolute atomic E-state index is 0.444. The van der Waals surface area contributed by atoms with Crippen molar-refractivity contribution < 1.29 is 4.79 Å². The quantitative estimate of drug-likeness (QED) is 0.407. The van der Waals surface area contributed by atoms with Crippen LogP contribution in [0.15, 0.2) is 61.4 Å². The number of anilines is 3. The molecule has 4 aromatic rings. The number of aryl methyl sites for hydroxylation is 1. The Labute approximate surface area is 172 Å². The maximum Gasteiger partial charge on any atom is 0.211 e. The number of hydrogen-bond acceptors (Lipinski definition) is 9. The topological polar surface area (TPSA) is 149 Å². The highest BCUT2D eigenvalue weighted by molar-refractivity contribution is 5.71. The fraction of sp³-hybridized carbons (Fsp3) is 0.105. The van der Waals surface area contributed by atoms with E-state index in [1.54, 1.807) is 55.4 Å². The highest BCUT2D eigenvalue weighted by atomic mass is 16.1. The number of aromatic nitrogens is 7. The fourth-order valence-corrected chi connectivity index (χ4v) is 2.31. The highest BCUT2D eigenvalue weighted by Gasteiger charge is 2.01. The van der Waals surface area contributed by atoms with Gasteiger partial charge in [-0.3, -0.25) is 14.8 Å². The Balaban J connectivity index is 0.000000184. The zero-order chi connectivity index (χ0) is 21.2. The third-order valence-electron chi connectivity index (χ3n) is 3.73. The van der Waals surface area contributed by atoms with Crippen LogP contribution in [-0.4, -0.2) is 41.3 Å². The van der Waals surface area contributed by atoms with E-state index >= 15 is 0 Å². The molecule has 1 amide bonds. The number of pyridine rings is 2. The maximum absolute atomic E-state index is 10.3. The molecule has 0 fully saturated rings. The molecule has 0 aromatic carbocycles. The molecule has 0 spiro atoms. The molecular weight excluding hydrogens is 384 g/mol. The normalized spacial score (nSPS) is 9.90. The van der Waals surface area contributed by atoms with Gasteiger partial charge in [-0.1, -0.05) is 0 Å². The van der Waals surface area contributed by atoms with E-state index in [0.29, 0.717) is 30.3 Å². The molecule has 0 radical (unpaired) electrons. The number of carbonyl (C=O) groups excluding carboxylic acids is 1. The molecular formula is C19H20N10O. The maximum atomic E-state index is 10.3. The molecule has 4 heterocycles. The largest absolute Gasteiger partial charge is 0.382 e. The minimum Gasteiger partial charge on any atom is -0.382 e. The first kappa shape index (κ1) is 20.3. The predicted molar refractivity (Wildman–Crippen MR) is 112 cm³/mol. The van der Waals surface area contributed by atoms with Gasteiger partial charge in [0.2, 0.25) is 6.41 Å². The molecule has 0 bridgehead atoms. The standard InChI is InChI=1S/C12H13N5O.C7H7N5/c13-12-11(2-1-4-15-12)16-7-10-6-9(17-8-18)3-5-14-10;1-6-4-9-7(5-8-6)12-10-2-3-11-12/h1-6,8,16H,7H2,(H2,13,15)(H,14,17,18);2-5H,1H3. The van der Waals surface area contributed by atoms with Crippen LogP contribution in [0.25, 0.3) is 5.82 Å². The number of carbonyl (C=O) groups is 1. The molecule has 30 heavy (non-hydrogen) atoms. The summed E-state index contributed by atoms with van der Waals surface area (Å²) >= 11 is 0. The van der Waals surface area contributed by atoms with E-state index in [9.17, 15) is 4.79 Å². The predicted octanol–water partition coefficient (Wildman–Crippen LogP) is 1.60. The Morgan fingerprint density at radius 2 is 1.87 bits per heavy atom. The number of nitrogens with zero attached hydrogens (tertiary/aromatic N) is 7. The average Bonchev–Trinajstić information content (AvgIpc) is 3.30. The van der Waals surface area contributed by atoms with Crippen molar-refractivity contribution in [2.75, 3.05) is 16.4 Å². The fourth-order valence-electron chi connectivity index (χ4n) is 2.31. The van der Waals surface area contributed by atoms with Gasteiger partial charge in [0, 0.05) is 18.1 Å². The minimum atomic E-state index is 0.444. The van der Waals surface area contributed by atoms with Crippen molar-refractivity contribution in [2.24, 2.45) is 0 Å². The first-order valence-electron chi connectivity index (χ1n) is 8.90. The van der Waals surface area contributed by atoms with Gasteiger partial charge in [-0.15, -0.1) is 4.80 Å². The zero-order valence-electron chi connectivity index (χ0n) is 16.2. The smallest absolute Gasteiger partial charge is 0.211 e. The summed E-state index contributed by atoms with van der Waals surface area (Å²) in [7, 11) is 0. The lowest BCUT2D eigenvalue weighted by molar-refractivity contribution is -0.105. The van der Waals surface area contributed by atoms with Crippen LogP contribution in [0.4, 0.5) is 17.2 Å². The third-order valence-corrected chi connectivity index (χ3v) is 3.73. The van der Waals surface area contributed by atoms with Crippen molar-refractivity contribution in [3.63, 3.8) is 0 Å². The van der Waals surface area contributed by atoms with Crippen molar-refractivity contribution in [3.8, 4) is 5.82 Å². The van der Waals surface area contributed by atoms with E-state index < -0.39 is 0 Å². The Hall–Kier alpha value is -4.41. The number of nitrogens with two attached hydrogens (primary N) is 1. The SMILES string of the molecule is Cc1cnc(-n2nccn2)cn1.Nc1ncccc1NCc1cc(NC=O)ccn1. The average molecular weight is 404 g/mol. The van der Waals surface area contributed by atoms with Crippen LogP contribution in [0.1, 0.15) is 11.4 Å². The number of amides is 1. The van der Waals surface area contributed by atoms with Crippen molar-refractivity contribution >= 4 is 23.6 Å². The van der Waals surface area contributed by atoms with Crippen LogP contribution in [0.2, 0.25) is 0 Å². The number of nitrogens with one attached hydrogen (secondary N) is 2. The summed E-state index contributed by atoms with van der Waals surface area (Å²) in [4.78, 5) is 28.1. The Kier molecular flexibility index (Phi) is 6.93. The molecule has 4 rings (SSSR count). The molecule has 0 saturated heterocycles. The molecule has 11 heteroatoms. The van der Waals surface area contributed by atoms with Gasteiger partial charge in [-0.2, -0.15) is 10.2 Å². The van der Waals surface area contributed by atoms with Crippen LogP contribution < -0.4 is 16.4 Å². The summed E-state index contributed by atoms with van der Waals surface area (Å²) < 4.78 is 0. The van der Waals surface area contributed by atoms with Crippen LogP contribution in [0.3, 0.4) is 0 Å². The van der Waals surface area contributed by atoms with E-state index in [0.717, 1.165) is 17.1 Å². The van der Waals surface area contributed by atoms with E-state index in [1.165, 1.54) is 4.80 Å². The van der Waals surface area contributed by atoms with Crippen molar-refractivity contribution in [3.05, 3.63) is 72.8 Å². The molecule has 0 aliphatic rings. The van der Waals surface area contributed by atoms with Crippen molar-refractivity contribution in [1.29, 1.82) is 0 Å². The van der Waals surface area contributed by atoms with Gasteiger partial charge in [0.1, 0.15) is 5.82 Å². The lowest BCUT2D eigenvalue weighted by Crippen LogP contribution is -2.05. The molecule has 0 atom stereocenters. The van der Waals surface area contributed by atoms with E-state index in [-0.39, 0.29) is 0 Å². The second-order valence-corrected chi connectivity index (χ2v) is 5.92. The second-order valence-electron chi connectivity index (χ2n) is 5.92. The molecule has 4 aromatic heterocycles. The number of nitrogen functional groups attached to an aromatic ring is 1. The zero-order valence-corrected chi connectivity index (χ0v) is 16.2. The van der Waals surface area contributed by atoms with Gasteiger partial charge >= 0.3 is 0 Å². The van der Waals surface area contributed by atoms with Crippen LogP contribution in [0.5, 0.6) is 0 Å². The summed E-state index contributed by atoms with van der Waals surface area (Å²) in [6, 6.07) is 7.15. The van der Waals surface area contributed by atoms with Crippen LogP contribution >= 0.6 is 0 Å². The van der Waals surface area contributed by atoms with Gasteiger partial charge in [0.05, 0.1) is 48.4 Å². The van der Waals surface area contributed by atoms with Gasteiger partial charge in [0.25, 0.3) is 0 Å².